The van der Waals surface area contributed by atoms with Gasteiger partial charge >= 0.3 is 0 Å². The van der Waals surface area contributed by atoms with Crippen LogP contribution in [0.15, 0.2) is 16.6 Å². The highest BCUT2D eigenvalue weighted by Gasteiger charge is 2.20. The molecule has 0 radical (unpaired) electrons. The van der Waals surface area contributed by atoms with Crippen molar-refractivity contribution in [3.63, 3.8) is 0 Å². The summed E-state index contributed by atoms with van der Waals surface area (Å²) in [4.78, 5) is 1.47. The number of nitrogens with two attached hydrogens (primary N) is 1. The summed E-state index contributed by atoms with van der Waals surface area (Å²) in [6, 6.07) is 2.53. The molecule has 1 aliphatic carbocycles. The molecule has 0 aliphatic heterocycles. The van der Waals surface area contributed by atoms with Crippen molar-refractivity contribution in [2.75, 3.05) is 6.54 Å². The quantitative estimate of drug-likeness (QED) is 0.316. The second-order valence-electron chi connectivity index (χ2n) is 3.72. The monoisotopic (exact) mass is 225 g/mol. The highest BCUT2D eigenvalue weighted by Crippen LogP contribution is 2.32. The Balaban J connectivity index is 2.01. The van der Waals surface area contributed by atoms with Gasteiger partial charge in [-0.2, -0.15) is 0 Å². The molecule has 0 saturated carbocycles. The van der Waals surface area contributed by atoms with E-state index in [2.05, 4.69) is 21.9 Å². The van der Waals surface area contributed by atoms with Crippen molar-refractivity contribution in [2.24, 2.45) is 10.9 Å². The number of rotatable bonds is 3. The van der Waals surface area contributed by atoms with E-state index >= 15 is 0 Å². The van der Waals surface area contributed by atoms with Gasteiger partial charge in [-0.25, -0.2) is 0 Å². The predicted octanol–water partition coefficient (Wildman–Crippen LogP) is 1.46. The average molecular weight is 225 g/mol. The average Bonchev–Trinajstić information content (AvgIpc) is 2.74. The lowest BCUT2D eigenvalue weighted by molar-refractivity contribution is 0.316. The van der Waals surface area contributed by atoms with Gasteiger partial charge in [0.2, 0.25) is 0 Å². The molecule has 1 unspecified atom stereocenters. The lowest BCUT2D eigenvalue weighted by atomic mass is 9.94. The van der Waals surface area contributed by atoms with Crippen molar-refractivity contribution in [1.29, 1.82) is 0 Å². The minimum absolute atomic E-state index is 0.234. The van der Waals surface area contributed by atoms with Gasteiger partial charge in [0.1, 0.15) is 0 Å². The summed E-state index contributed by atoms with van der Waals surface area (Å²) < 4.78 is 0. The standard InChI is InChI=1S/C10H15N3OS/c11-10(13-14)6-12-8-2-1-3-9-7(8)4-5-15-9/h4-5,8,12,14H,1-3,6H2,(H2,11,13). The highest BCUT2D eigenvalue weighted by atomic mass is 32.1. The summed E-state index contributed by atoms with van der Waals surface area (Å²) in [5.74, 6) is 0.234. The predicted molar refractivity (Wildman–Crippen MR) is 61.4 cm³/mol. The second kappa shape index (κ2) is 4.63. The summed E-state index contributed by atoms with van der Waals surface area (Å²) in [5.41, 5.74) is 6.81. The summed E-state index contributed by atoms with van der Waals surface area (Å²) in [6.45, 7) is 0.441. The molecule has 0 spiro atoms. The summed E-state index contributed by atoms with van der Waals surface area (Å²) in [5, 5.41) is 16.8. The molecule has 15 heavy (non-hydrogen) atoms. The lowest BCUT2D eigenvalue weighted by Crippen LogP contribution is -2.33. The first-order chi connectivity index (χ1) is 7.31. The number of nitrogens with one attached hydrogen (secondary N) is 1. The summed E-state index contributed by atoms with van der Waals surface area (Å²) in [6.07, 6.45) is 3.53. The first-order valence-electron chi connectivity index (χ1n) is 5.07. The van der Waals surface area contributed by atoms with E-state index in [1.54, 1.807) is 0 Å². The molecule has 0 bridgehead atoms. The van der Waals surface area contributed by atoms with E-state index in [0.717, 1.165) is 6.42 Å². The lowest BCUT2D eigenvalue weighted by Gasteiger charge is -2.23. The van der Waals surface area contributed by atoms with Crippen LogP contribution < -0.4 is 11.1 Å². The smallest absolute Gasteiger partial charge is 0.153 e. The van der Waals surface area contributed by atoms with E-state index in [0.29, 0.717) is 12.6 Å². The molecule has 1 aromatic rings. The van der Waals surface area contributed by atoms with Crippen molar-refractivity contribution in [3.05, 3.63) is 21.9 Å². The second-order valence-corrected chi connectivity index (χ2v) is 4.72. The third-order valence-electron chi connectivity index (χ3n) is 2.71. The molecule has 5 heteroatoms. The largest absolute Gasteiger partial charge is 0.409 e. The molecule has 82 valence electrons. The Morgan fingerprint density at radius 3 is 3.40 bits per heavy atom. The van der Waals surface area contributed by atoms with Gasteiger partial charge in [-0.15, -0.1) is 11.3 Å². The van der Waals surface area contributed by atoms with Crippen LogP contribution in [0.2, 0.25) is 0 Å². The van der Waals surface area contributed by atoms with Crippen molar-refractivity contribution in [2.45, 2.75) is 25.3 Å². The molecule has 2 rings (SSSR count). The summed E-state index contributed by atoms with van der Waals surface area (Å²) >= 11 is 1.82. The zero-order chi connectivity index (χ0) is 10.7. The molecular formula is C10H15N3OS. The van der Waals surface area contributed by atoms with Gasteiger partial charge in [0.15, 0.2) is 5.84 Å². The molecular weight excluding hydrogens is 210 g/mol. The first kappa shape index (κ1) is 10.4. The molecule has 4 nitrogen and oxygen atoms in total. The van der Waals surface area contributed by atoms with E-state index in [1.807, 2.05) is 11.3 Å². The fourth-order valence-electron chi connectivity index (χ4n) is 1.96. The van der Waals surface area contributed by atoms with Gasteiger partial charge in [0.25, 0.3) is 0 Å². The Kier molecular flexibility index (Phi) is 3.23. The fraction of sp³-hybridized carbons (Fsp3) is 0.500. The van der Waals surface area contributed by atoms with Crippen LogP contribution in [0, 0.1) is 0 Å². The van der Waals surface area contributed by atoms with Gasteiger partial charge in [0.05, 0.1) is 6.54 Å². The van der Waals surface area contributed by atoms with Crippen LogP contribution in [-0.2, 0) is 6.42 Å². The number of thiophene rings is 1. The zero-order valence-corrected chi connectivity index (χ0v) is 9.26. The number of nitrogens with zero attached hydrogens (tertiary/aromatic N) is 1. The molecule has 0 saturated heterocycles. The van der Waals surface area contributed by atoms with Crippen molar-refractivity contribution in [3.8, 4) is 0 Å². The van der Waals surface area contributed by atoms with Gasteiger partial charge < -0.3 is 16.3 Å². The van der Waals surface area contributed by atoms with Crippen molar-refractivity contribution >= 4 is 17.2 Å². The third kappa shape index (κ3) is 2.30. The van der Waals surface area contributed by atoms with Gasteiger partial charge in [-0.3, -0.25) is 0 Å². The minimum atomic E-state index is 0.234. The third-order valence-corrected chi connectivity index (χ3v) is 3.71. The highest BCUT2D eigenvalue weighted by molar-refractivity contribution is 7.10. The van der Waals surface area contributed by atoms with Crippen LogP contribution in [-0.4, -0.2) is 17.6 Å². The fourth-order valence-corrected chi connectivity index (χ4v) is 2.95. The van der Waals surface area contributed by atoms with Crippen molar-refractivity contribution in [1.82, 2.24) is 5.32 Å². The molecule has 1 heterocycles. The number of amidine groups is 1. The maximum Gasteiger partial charge on any atom is 0.153 e. The molecule has 0 amide bonds. The Morgan fingerprint density at radius 1 is 1.73 bits per heavy atom. The molecule has 4 N–H and O–H groups in total. The van der Waals surface area contributed by atoms with Crippen LogP contribution in [0.1, 0.15) is 29.3 Å². The molecule has 1 aliphatic rings. The number of aryl methyl sites for hydroxylation is 1. The van der Waals surface area contributed by atoms with E-state index in [1.165, 1.54) is 23.3 Å². The van der Waals surface area contributed by atoms with Crippen LogP contribution in [0.3, 0.4) is 0 Å². The van der Waals surface area contributed by atoms with Crippen LogP contribution >= 0.6 is 11.3 Å². The minimum Gasteiger partial charge on any atom is -0.409 e. The van der Waals surface area contributed by atoms with Gasteiger partial charge in [-0.1, -0.05) is 5.16 Å². The Hall–Kier alpha value is -1.07. The van der Waals surface area contributed by atoms with E-state index in [4.69, 9.17) is 10.9 Å². The van der Waals surface area contributed by atoms with Gasteiger partial charge in [0, 0.05) is 10.9 Å². The van der Waals surface area contributed by atoms with E-state index in [-0.39, 0.29) is 5.84 Å². The topological polar surface area (TPSA) is 70.6 Å². The normalized spacial score (nSPS) is 21.3. The first-order valence-corrected chi connectivity index (χ1v) is 5.95. The van der Waals surface area contributed by atoms with E-state index < -0.39 is 0 Å². The number of hydrogen-bond acceptors (Lipinski definition) is 4. The number of fused-ring (bicyclic) bond motifs is 1. The number of oxime groups is 1. The molecule has 1 atom stereocenters. The molecule has 0 aromatic carbocycles. The Bertz CT molecular complexity index is 361. The maximum atomic E-state index is 8.44. The SMILES string of the molecule is NC(CNC1CCCc2sccc21)=NO. The Morgan fingerprint density at radius 2 is 2.60 bits per heavy atom. The van der Waals surface area contributed by atoms with Crippen LogP contribution in [0.4, 0.5) is 0 Å². The Labute approximate surface area is 92.8 Å². The molecule has 0 fully saturated rings. The molecule has 1 aromatic heterocycles. The van der Waals surface area contributed by atoms with Crippen molar-refractivity contribution < 1.29 is 5.21 Å². The van der Waals surface area contributed by atoms with E-state index in [9.17, 15) is 0 Å². The zero-order valence-electron chi connectivity index (χ0n) is 8.44. The maximum absolute atomic E-state index is 8.44. The van der Waals surface area contributed by atoms with Crippen LogP contribution in [0.5, 0.6) is 0 Å². The number of hydrogen-bond donors (Lipinski definition) is 3. The van der Waals surface area contributed by atoms with Crippen LogP contribution in [0.25, 0.3) is 0 Å². The summed E-state index contributed by atoms with van der Waals surface area (Å²) in [7, 11) is 0. The van der Waals surface area contributed by atoms with Gasteiger partial charge in [-0.05, 0) is 36.3 Å².